The highest BCUT2D eigenvalue weighted by Crippen LogP contribution is 2.49. The molecule has 0 saturated carbocycles. The van der Waals surface area contributed by atoms with Gasteiger partial charge in [0.15, 0.2) is 0 Å². The van der Waals surface area contributed by atoms with Crippen molar-refractivity contribution in [1.82, 2.24) is 14.4 Å². The van der Waals surface area contributed by atoms with E-state index < -0.39 is 0 Å². The van der Waals surface area contributed by atoms with Crippen molar-refractivity contribution in [3.63, 3.8) is 0 Å². The first kappa shape index (κ1) is 23.6. The molecule has 0 N–H and O–H groups in total. The van der Waals surface area contributed by atoms with Gasteiger partial charge in [-0.3, -0.25) is 0 Å². The van der Waals surface area contributed by atoms with Gasteiger partial charge in [0.05, 0.1) is 38.8 Å². The van der Waals surface area contributed by atoms with Gasteiger partial charge in [-0.25, -0.2) is 9.97 Å². The van der Waals surface area contributed by atoms with Crippen molar-refractivity contribution in [3.8, 4) is 33.8 Å². The molecule has 4 heterocycles. The van der Waals surface area contributed by atoms with Gasteiger partial charge in [0.1, 0.15) is 16.9 Å². The Kier molecular flexibility index (Phi) is 4.69. The quantitative estimate of drug-likeness (QED) is 0.215. The van der Waals surface area contributed by atoms with Gasteiger partial charge in [-0.05, 0) is 47.3 Å². The molecule has 0 bridgehead atoms. The summed E-state index contributed by atoms with van der Waals surface area (Å²) >= 11 is 0. The van der Waals surface area contributed by atoms with Gasteiger partial charge >= 0.3 is 0 Å². The van der Waals surface area contributed by atoms with Crippen molar-refractivity contribution < 1.29 is 4.42 Å². The minimum absolute atomic E-state index is 0.846. The van der Waals surface area contributed by atoms with Crippen LogP contribution in [-0.2, 0) is 0 Å². The second-order valence-corrected chi connectivity index (χ2v) is 11.3. The van der Waals surface area contributed by atoms with Crippen molar-refractivity contribution in [2.45, 2.75) is 0 Å². The molecule has 204 valence electrons. The molecule has 10 aromatic rings. The van der Waals surface area contributed by atoms with Crippen LogP contribution in [0.2, 0.25) is 0 Å². The van der Waals surface area contributed by atoms with Gasteiger partial charge in [-0.15, -0.1) is 0 Å². The van der Waals surface area contributed by atoms with Crippen LogP contribution in [-0.4, -0.2) is 14.4 Å². The van der Waals surface area contributed by atoms with Crippen LogP contribution in [0.3, 0.4) is 0 Å². The van der Waals surface area contributed by atoms with Gasteiger partial charge in [-0.2, -0.15) is 0 Å². The zero-order chi connectivity index (χ0) is 28.8. The predicted octanol–water partition coefficient (Wildman–Crippen LogP) is 10.5. The lowest BCUT2D eigenvalue weighted by Gasteiger charge is -2.14. The molecule has 0 aliphatic heterocycles. The van der Waals surface area contributed by atoms with E-state index in [1.54, 1.807) is 0 Å². The fourth-order valence-electron chi connectivity index (χ4n) is 7.12. The van der Waals surface area contributed by atoms with E-state index in [4.69, 9.17) is 14.4 Å². The van der Waals surface area contributed by atoms with E-state index in [0.29, 0.717) is 0 Å². The molecule has 10 rings (SSSR count). The molecule has 0 aliphatic rings. The van der Waals surface area contributed by atoms with Crippen LogP contribution in [0.4, 0.5) is 0 Å². The smallest absolute Gasteiger partial charge is 0.137 e. The highest BCUT2D eigenvalue weighted by atomic mass is 16.3. The molecular formula is C40H23N3O. The highest BCUT2D eigenvalue weighted by molar-refractivity contribution is 6.30. The standard InChI is InChI=1S/C40H23N3O/c1-3-12-24(13-4-1)34-28-22-23-33-36-35-27(17-11-21-32(35)44-33)26-16-7-10-20-31(26)43(39(28)36)40(34)38-37(25-14-5-2-6-15-25)41-29-18-8-9-19-30(29)42-38/h1-23H. The van der Waals surface area contributed by atoms with Crippen LogP contribution in [0.1, 0.15) is 0 Å². The van der Waals surface area contributed by atoms with Crippen molar-refractivity contribution in [2.24, 2.45) is 0 Å². The van der Waals surface area contributed by atoms with Gasteiger partial charge < -0.3 is 8.82 Å². The number of nitrogens with zero attached hydrogens (tertiary/aromatic N) is 3. The Hall–Kier alpha value is -6.00. The molecule has 0 atom stereocenters. The summed E-state index contributed by atoms with van der Waals surface area (Å²) in [7, 11) is 0. The molecule has 0 amide bonds. The van der Waals surface area contributed by atoms with Crippen molar-refractivity contribution >= 4 is 60.2 Å². The zero-order valence-corrected chi connectivity index (χ0v) is 23.5. The van der Waals surface area contributed by atoms with Crippen molar-refractivity contribution in [3.05, 3.63) is 140 Å². The Labute approximate surface area is 251 Å². The summed E-state index contributed by atoms with van der Waals surface area (Å²) in [5.41, 5.74) is 11.8. The third-order valence-electron chi connectivity index (χ3n) is 8.93. The molecule has 0 fully saturated rings. The third kappa shape index (κ3) is 3.11. The number of hydrogen-bond donors (Lipinski definition) is 0. The predicted molar refractivity (Wildman–Crippen MR) is 180 cm³/mol. The summed E-state index contributed by atoms with van der Waals surface area (Å²) in [5, 5.41) is 5.76. The average molecular weight is 562 g/mol. The van der Waals surface area contributed by atoms with Crippen LogP contribution < -0.4 is 0 Å². The summed E-state index contributed by atoms with van der Waals surface area (Å²) in [6.07, 6.45) is 0. The maximum Gasteiger partial charge on any atom is 0.137 e. The largest absolute Gasteiger partial charge is 0.456 e. The maximum absolute atomic E-state index is 6.52. The number of para-hydroxylation sites is 3. The summed E-state index contributed by atoms with van der Waals surface area (Å²) < 4.78 is 8.94. The lowest BCUT2D eigenvalue weighted by atomic mass is 9.97. The summed E-state index contributed by atoms with van der Waals surface area (Å²) in [6.45, 7) is 0. The molecule has 0 saturated heterocycles. The van der Waals surface area contributed by atoms with E-state index in [9.17, 15) is 0 Å². The molecule has 0 spiro atoms. The number of aromatic nitrogens is 3. The summed E-state index contributed by atoms with van der Waals surface area (Å²) in [5.74, 6) is 0. The Morgan fingerprint density at radius 1 is 0.455 bits per heavy atom. The first-order valence-corrected chi connectivity index (χ1v) is 14.9. The molecule has 0 aliphatic carbocycles. The van der Waals surface area contributed by atoms with Crippen LogP contribution in [0.25, 0.3) is 93.9 Å². The third-order valence-corrected chi connectivity index (χ3v) is 8.93. The van der Waals surface area contributed by atoms with Crippen LogP contribution in [0.5, 0.6) is 0 Å². The second kappa shape index (κ2) is 8.76. The minimum Gasteiger partial charge on any atom is -0.456 e. The molecule has 0 unspecified atom stereocenters. The molecule has 4 heteroatoms. The second-order valence-electron chi connectivity index (χ2n) is 11.3. The van der Waals surface area contributed by atoms with Crippen molar-refractivity contribution in [1.29, 1.82) is 0 Å². The van der Waals surface area contributed by atoms with Crippen molar-refractivity contribution in [2.75, 3.05) is 0 Å². The molecule has 0 radical (unpaired) electrons. The van der Waals surface area contributed by atoms with E-state index in [-0.39, 0.29) is 0 Å². The molecule has 44 heavy (non-hydrogen) atoms. The zero-order valence-electron chi connectivity index (χ0n) is 23.5. The maximum atomic E-state index is 6.52. The van der Waals surface area contributed by atoms with E-state index in [1.165, 1.54) is 5.39 Å². The summed E-state index contributed by atoms with van der Waals surface area (Å²) in [6, 6.07) is 48.6. The first-order valence-electron chi connectivity index (χ1n) is 14.9. The van der Waals surface area contributed by atoms with Gasteiger partial charge in [-0.1, -0.05) is 103 Å². The molecule has 6 aromatic carbocycles. The topological polar surface area (TPSA) is 43.3 Å². The Morgan fingerprint density at radius 3 is 1.89 bits per heavy atom. The van der Waals surface area contributed by atoms with E-state index >= 15 is 0 Å². The highest BCUT2D eigenvalue weighted by Gasteiger charge is 2.28. The number of fused-ring (bicyclic) bond motifs is 4. The fraction of sp³-hybridized carbons (Fsp3) is 0. The number of rotatable bonds is 3. The van der Waals surface area contributed by atoms with E-state index in [0.717, 1.165) is 88.5 Å². The van der Waals surface area contributed by atoms with E-state index in [1.807, 2.05) is 24.3 Å². The Balaban J connectivity index is 1.54. The number of benzene rings is 6. The van der Waals surface area contributed by atoms with Crippen LogP contribution in [0, 0.1) is 0 Å². The number of hydrogen-bond acceptors (Lipinski definition) is 3. The van der Waals surface area contributed by atoms with Gasteiger partial charge in [0, 0.05) is 27.3 Å². The van der Waals surface area contributed by atoms with Gasteiger partial charge in [0.2, 0.25) is 0 Å². The lowest BCUT2D eigenvalue weighted by Crippen LogP contribution is -1.99. The monoisotopic (exact) mass is 561 g/mol. The average Bonchev–Trinajstić information content (AvgIpc) is 3.60. The first-order chi connectivity index (χ1) is 21.8. The SMILES string of the molecule is c1ccc(-c2nc3ccccc3nc2-c2c(-c3ccccc3)c3ccc4oc5cccc6c7ccccc7n2c3c4c56)cc1. The Bertz CT molecular complexity index is 2700. The minimum atomic E-state index is 0.846. The van der Waals surface area contributed by atoms with Crippen LogP contribution >= 0.6 is 0 Å². The van der Waals surface area contributed by atoms with Gasteiger partial charge in [0.25, 0.3) is 0 Å². The summed E-state index contributed by atoms with van der Waals surface area (Å²) in [4.78, 5) is 10.7. The lowest BCUT2D eigenvalue weighted by molar-refractivity contribution is 0.669. The molecular weight excluding hydrogens is 538 g/mol. The molecule has 4 aromatic heterocycles. The van der Waals surface area contributed by atoms with Crippen LogP contribution in [0.15, 0.2) is 144 Å². The normalized spacial score (nSPS) is 12.1. The fourth-order valence-corrected chi connectivity index (χ4v) is 7.12. The van der Waals surface area contributed by atoms with E-state index in [2.05, 4.69) is 120 Å². The number of furan rings is 1. The molecule has 4 nitrogen and oxygen atoms in total. The Morgan fingerprint density at radius 2 is 1.09 bits per heavy atom.